The number of hydrogen-bond acceptors (Lipinski definition) is 0. The maximum atomic E-state index is 6.04. The SMILES string of the molecule is C#CCc1ccc(-c2ccc(/C(C)=C/C=C(\C)C3=C=CC=C(c4ccc5c6ccccc6n(-c6ccccc6)c5c4)C=C3)cc2)cc1C(C(=C)/C=C\C)(c1ccccc1)c1ccccc1. The molecule has 0 amide bonds. The quantitative estimate of drug-likeness (QED) is 0.0500. The van der Waals surface area contributed by atoms with Crippen LogP contribution in [0.5, 0.6) is 0 Å². The lowest BCUT2D eigenvalue weighted by atomic mass is 9.63. The average molecular weight is 834 g/mol. The van der Waals surface area contributed by atoms with Gasteiger partial charge in [-0.25, -0.2) is 0 Å². The molecule has 0 aliphatic heterocycles. The summed E-state index contributed by atoms with van der Waals surface area (Å²) in [4.78, 5) is 0. The van der Waals surface area contributed by atoms with Gasteiger partial charge in [0.1, 0.15) is 0 Å². The van der Waals surface area contributed by atoms with Crippen molar-refractivity contribution in [3.63, 3.8) is 0 Å². The summed E-state index contributed by atoms with van der Waals surface area (Å²) in [5.74, 6) is 2.94. The molecule has 1 nitrogen and oxygen atoms in total. The van der Waals surface area contributed by atoms with Crippen molar-refractivity contribution in [1.29, 1.82) is 0 Å². The van der Waals surface area contributed by atoms with Crippen molar-refractivity contribution in [3.8, 4) is 29.2 Å². The molecule has 0 saturated carbocycles. The number of para-hydroxylation sites is 2. The Kier molecular flexibility index (Phi) is 12.1. The average Bonchev–Trinajstić information content (AvgIpc) is 3.48. The third kappa shape index (κ3) is 8.17. The van der Waals surface area contributed by atoms with Crippen molar-refractivity contribution >= 4 is 33.0 Å². The van der Waals surface area contributed by atoms with E-state index in [1.807, 2.05) is 13.0 Å². The van der Waals surface area contributed by atoms with Gasteiger partial charge in [0.15, 0.2) is 0 Å². The van der Waals surface area contributed by atoms with Crippen molar-refractivity contribution in [2.75, 3.05) is 0 Å². The second-order valence-electron chi connectivity index (χ2n) is 16.6. The molecule has 0 atom stereocenters. The maximum Gasteiger partial charge on any atom is 0.0698 e. The van der Waals surface area contributed by atoms with Crippen LogP contribution in [0.15, 0.2) is 254 Å². The van der Waals surface area contributed by atoms with Crippen LogP contribution in [0, 0.1) is 12.3 Å². The van der Waals surface area contributed by atoms with E-state index < -0.39 is 5.41 Å². The van der Waals surface area contributed by atoms with E-state index in [1.165, 1.54) is 38.5 Å². The third-order valence-electron chi connectivity index (χ3n) is 12.7. The van der Waals surface area contributed by atoms with E-state index in [0.29, 0.717) is 6.42 Å². The smallest absolute Gasteiger partial charge is 0.0698 e. The second-order valence-corrected chi connectivity index (χ2v) is 16.6. The maximum absolute atomic E-state index is 6.04. The van der Waals surface area contributed by atoms with Gasteiger partial charge in [-0.15, -0.1) is 18.1 Å². The Morgan fingerprint density at radius 2 is 1.26 bits per heavy atom. The first-order valence-corrected chi connectivity index (χ1v) is 22.3. The standard InChI is InChI=1S/C64H51N/c1-6-20-48(5)64(56-24-11-8-12-25-56,57-26-13-9-14-27-57)61-44-54(41-40-53(61)21-7-2)52-38-35-50(36-39-52)47(4)33-32-46(3)49-22-19-23-51(37-34-49)55-42-43-60-59-30-17-18-31-62(59)65(63(60)45-55)58-28-15-10-16-29-58/h2,6,8-20,23-45H,5,21H2,1,3-4H3/b20-6-,46-32+,47-33+. The Labute approximate surface area is 384 Å². The summed E-state index contributed by atoms with van der Waals surface area (Å²) in [6.07, 6.45) is 23.7. The predicted octanol–water partition coefficient (Wildman–Crippen LogP) is 16.2. The summed E-state index contributed by atoms with van der Waals surface area (Å²) in [6.45, 7) is 11.1. The number of allylic oxidation sites excluding steroid dienone is 12. The van der Waals surface area contributed by atoms with E-state index >= 15 is 0 Å². The van der Waals surface area contributed by atoms with Gasteiger partial charge in [-0.2, -0.15) is 0 Å². The minimum Gasteiger partial charge on any atom is -0.309 e. The first kappa shape index (κ1) is 42.2. The molecule has 65 heavy (non-hydrogen) atoms. The lowest BCUT2D eigenvalue weighted by Crippen LogP contribution is -2.32. The van der Waals surface area contributed by atoms with Crippen LogP contribution in [0.3, 0.4) is 0 Å². The van der Waals surface area contributed by atoms with E-state index in [9.17, 15) is 0 Å². The van der Waals surface area contributed by atoms with Gasteiger partial charge >= 0.3 is 0 Å². The van der Waals surface area contributed by atoms with Gasteiger partial charge in [0.2, 0.25) is 0 Å². The lowest BCUT2D eigenvalue weighted by molar-refractivity contribution is 0.737. The summed E-state index contributed by atoms with van der Waals surface area (Å²) < 4.78 is 2.37. The molecular formula is C64H51N. The first-order chi connectivity index (χ1) is 31.9. The van der Waals surface area contributed by atoms with Crippen LogP contribution >= 0.6 is 0 Å². The molecular weight excluding hydrogens is 783 g/mol. The van der Waals surface area contributed by atoms with Crippen molar-refractivity contribution < 1.29 is 0 Å². The van der Waals surface area contributed by atoms with Crippen molar-refractivity contribution in [2.24, 2.45) is 0 Å². The fourth-order valence-electron chi connectivity index (χ4n) is 9.40. The minimum absolute atomic E-state index is 0.508. The van der Waals surface area contributed by atoms with Crippen molar-refractivity contribution in [2.45, 2.75) is 32.6 Å². The number of nitrogens with zero attached hydrogens (tertiary/aromatic N) is 1. The van der Waals surface area contributed by atoms with Crippen LogP contribution in [0.2, 0.25) is 0 Å². The molecule has 0 radical (unpaired) electrons. The Morgan fingerprint density at radius 1 is 0.646 bits per heavy atom. The topological polar surface area (TPSA) is 4.93 Å². The van der Waals surface area contributed by atoms with Crippen LogP contribution < -0.4 is 0 Å². The molecule has 0 unspecified atom stereocenters. The number of fused-ring (bicyclic) bond motifs is 3. The number of rotatable bonds is 12. The van der Waals surface area contributed by atoms with Crippen LogP contribution in [-0.4, -0.2) is 4.57 Å². The van der Waals surface area contributed by atoms with Crippen LogP contribution in [0.4, 0.5) is 0 Å². The summed E-state index contributed by atoms with van der Waals surface area (Å²) in [5.41, 5.74) is 21.1. The number of benzene rings is 7. The van der Waals surface area contributed by atoms with Gasteiger partial charge in [0.25, 0.3) is 0 Å². The molecule has 0 bridgehead atoms. The molecule has 1 heteroatoms. The zero-order valence-corrected chi connectivity index (χ0v) is 37.3. The van der Waals surface area contributed by atoms with Gasteiger partial charge in [-0.3, -0.25) is 0 Å². The lowest BCUT2D eigenvalue weighted by Gasteiger charge is -2.38. The van der Waals surface area contributed by atoms with Gasteiger partial charge in [-0.1, -0.05) is 183 Å². The molecule has 1 aliphatic carbocycles. The molecule has 312 valence electrons. The molecule has 1 heterocycles. The second kappa shape index (κ2) is 18.7. The van der Waals surface area contributed by atoms with E-state index in [0.717, 1.165) is 61.4 Å². The fourth-order valence-corrected chi connectivity index (χ4v) is 9.40. The third-order valence-corrected chi connectivity index (χ3v) is 12.7. The predicted molar refractivity (Wildman–Crippen MR) is 278 cm³/mol. The van der Waals surface area contributed by atoms with E-state index in [1.54, 1.807) is 0 Å². The molecule has 8 aromatic rings. The molecule has 1 aromatic heterocycles. The van der Waals surface area contributed by atoms with Gasteiger partial charge in [0, 0.05) is 28.5 Å². The van der Waals surface area contributed by atoms with Crippen molar-refractivity contribution in [3.05, 3.63) is 287 Å². The normalized spacial score (nSPS) is 13.2. The Bertz CT molecular complexity index is 3290. The number of hydrogen-bond donors (Lipinski definition) is 0. The fraction of sp³-hybridized carbons (Fsp3) is 0.0781. The number of terminal acetylenes is 1. The molecule has 0 fully saturated rings. The Hall–Kier alpha value is -8.14. The van der Waals surface area contributed by atoms with Gasteiger partial charge in [-0.05, 0) is 136 Å². The van der Waals surface area contributed by atoms with E-state index in [-0.39, 0.29) is 0 Å². The Balaban J connectivity index is 0.984. The molecule has 0 saturated heterocycles. The highest BCUT2D eigenvalue weighted by Gasteiger charge is 2.40. The van der Waals surface area contributed by atoms with Gasteiger partial charge < -0.3 is 4.57 Å². The van der Waals surface area contributed by atoms with Crippen LogP contribution in [0.25, 0.3) is 49.8 Å². The zero-order chi connectivity index (χ0) is 44.8. The molecule has 0 spiro atoms. The minimum atomic E-state index is -0.658. The molecule has 9 rings (SSSR count). The zero-order valence-electron chi connectivity index (χ0n) is 37.3. The monoisotopic (exact) mass is 833 g/mol. The summed E-state index contributed by atoms with van der Waals surface area (Å²) in [6, 6.07) is 63.1. The number of aromatic nitrogens is 1. The highest BCUT2D eigenvalue weighted by molar-refractivity contribution is 6.10. The Morgan fingerprint density at radius 3 is 1.95 bits per heavy atom. The van der Waals surface area contributed by atoms with E-state index in [2.05, 4.69) is 249 Å². The highest BCUT2D eigenvalue weighted by atomic mass is 15.0. The summed E-state index contributed by atoms with van der Waals surface area (Å²) >= 11 is 0. The summed E-state index contributed by atoms with van der Waals surface area (Å²) in [5, 5.41) is 2.50. The molecule has 7 aromatic carbocycles. The van der Waals surface area contributed by atoms with Crippen LogP contribution in [-0.2, 0) is 11.8 Å². The summed E-state index contributed by atoms with van der Waals surface area (Å²) in [7, 11) is 0. The molecule has 0 N–H and O–H groups in total. The van der Waals surface area contributed by atoms with Gasteiger partial charge in [0.05, 0.1) is 16.4 Å². The molecule has 1 aliphatic rings. The highest BCUT2D eigenvalue weighted by Crippen LogP contribution is 2.48. The largest absolute Gasteiger partial charge is 0.309 e. The first-order valence-electron chi connectivity index (χ1n) is 22.3. The van der Waals surface area contributed by atoms with E-state index in [4.69, 9.17) is 13.0 Å². The van der Waals surface area contributed by atoms with Crippen LogP contribution in [0.1, 0.15) is 54.2 Å². The van der Waals surface area contributed by atoms with Crippen molar-refractivity contribution in [1.82, 2.24) is 4.57 Å².